The van der Waals surface area contributed by atoms with E-state index in [0.717, 1.165) is 5.69 Å². The van der Waals surface area contributed by atoms with E-state index < -0.39 is 0 Å². The number of hydrogen-bond donors (Lipinski definition) is 1. The van der Waals surface area contributed by atoms with Crippen molar-refractivity contribution in [3.63, 3.8) is 0 Å². The molecule has 0 spiro atoms. The molecule has 0 radical (unpaired) electrons. The standard InChI is InChI=1S/C11H9BrClNO2/c1-5-10(12)11(15)6-3-7(13)9(16-2)4-8(6)14-5/h3-4H,1-2H3,(H,14,15). The van der Waals surface area contributed by atoms with Crippen molar-refractivity contribution in [2.75, 3.05) is 7.11 Å². The van der Waals surface area contributed by atoms with Gasteiger partial charge in [0.05, 0.1) is 22.1 Å². The van der Waals surface area contributed by atoms with Crippen molar-refractivity contribution in [3.05, 3.63) is 37.5 Å². The molecule has 0 unspecified atom stereocenters. The van der Waals surface area contributed by atoms with Crippen LogP contribution in [0.4, 0.5) is 0 Å². The molecule has 0 amide bonds. The normalized spacial score (nSPS) is 10.8. The first-order valence-electron chi connectivity index (χ1n) is 4.60. The molecule has 84 valence electrons. The molecule has 0 aliphatic heterocycles. The van der Waals surface area contributed by atoms with Gasteiger partial charge in [-0.2, -0.15) is 0 Å². The molecule has 1 aromatic heterocycles. The Bertz CT molecular complexity index is 621. The van der Waals surface area contributed by atoms with Gasteiger partial charge in [0.2, 0.25) is 5.43 Å². The number of aromatic amines is 1. The molecule has 0 bridgehead atoms. The van der Waals surface area contributed by atoms with Crippen LogP contribution in [0, 0.1) is 6.92 Å². The number of methoxy groups -OCH3 is 1. The third-order valence-corrected chi connectivity index (χ3v) is 3.64. The molecule has 0 atom stereocenters. The van der Waals surface area contributed by atoms with Gasteiger partial charge in [-0.3, -0.25) is 4.79 Å². The van der Waals surface area contributed by atoms with Crippen LogP contribution in [0.5, 0.6) is 5.75 Å². The molecular formula is C11H9BrClNO2. The maximum absolute atomic E-state index is 11.9. The predicted molar refractivity (Wildman–Crippen MR) is 68.6 cm³/mol. The second-order valence-corrected chi connectivity index (χ2v) is 4.63. The van der Waals surface area contributed by atoms with E-state index in [9.17, 15) is 4.79 Å². The molecule has 1 heterocycles. The molecule has 0 saturated carbocycles. The molecule has 1 aromatic carbocycles. The molecule has 16 heavy (non-hydrogen) atoms. The Labute approximate surface area is 106 Å². The van der Waals surface area contributed by atoms with E-state index in [1.54, 1.807) is 12.1 Å². The van der Waals surface area contributed by atoms with Crippen molar-refractivity contribution in [2.24, 2.45) is 0 Å². The maximum Gasteiger partial charge on any atom is 0.203 e. The second kappa shape index (κ2) is 4.11. The van der Waals surface area contributed by atoms with Crippen molar-refractivity contribution in [3.8, 4) is 5.75 Å². The average Bonchev–Trinajstić information content (AvgIpc) is 2.27. The van der Waals surface area contributed by atoms with Crippen molar-refractivity contribution in [1.82, 2.24) is 4.98 Å². The maximum atomic E-state index is 11.9. The Morgan fingerprint density at radius 2 is 2.12 bits per heavy atom. The summed E-state index contributed by atoms with van der Waals surface area (Å²) in [6, 6.07) is 3.33. The number of nitrogens with one attached hydrogen (secondary N) is 1. The van der Waals surface area contributed by atoms with Gasteiger partial charge in [-0.15, -0.1) is 0 Å². The Kier molecular flexibility index (Phi) is 2.95. The van der Waals surface area contributed by atoms with Crippen LogP contribution in [0.2, 0.25) is 5.02 Å². The summed E-state index contributed by atoms with van der Waals surface area (Å²) in [6.45, 7) is 1.83. The van der Waals surface area contributed by atoms with Crippen LogP contribution >= 0.6 is 27.5 Å². The zero-order valence-electron chi connectivity index (χ0n) is 8.73. The first kappa shape index (κ1) is 11.5. The van der Waals surface area contributed by atoms with E-state index in [-0.39, 0.29) is 5.43 Å². The lowest BCUT2D eigenvalue weighted by molar-refractivity contribution is 0.415. The smallest absolute Gasteiger partial charge is 0.203 e. The molecular weight excluding hydrogens is 293 g/mol. The number of fused-ring (bicyclic) bond motifs is 1. The number of H-pyrrole nitrogens is 1. The number of hydrogen-bond acceptors (Lipinski definition) is 2. The van der Waals surface area contributed by atoms with Crippen molar-refractivity contribution in [2.45, 2.75) is 6.92 Å². The zero-order valence-corrected chi connectivity index (χ0v) is 11.1. The summed E-state index contributed by atoms with van der Waals surface area (Å²) in [7, 11) is 1.54. The lowest BCUT2D eigenvalue weighted by Crippen LogP contribution is -2.06. The van der Waals surface area contributed by atoms with Crippen LogP contribution in [0.1, 0.15) is 5.69 Å². The summed E-state index contributed by atoms with van der Waals surface area (Å²) in [5.41, 5.74) is 1.42. The fourth-order valence-electron chi connectivity index (χ4n) is 1.55. The number of aryl methyl sites for hydroxylation is 1. The second-order valence-electron chi connectivity index (χ2n) is 3.43. The summed E-state index contributed by atoms with van der Waals surface area (Å²) in [5, 5.41) is 0.972. The van der Waals surface area contributed by atoms with Crippen LogP contribution in [-0.2, 0) is 0 Å². The zero-order chi connectivity index (χ0) is 11.9. The topological polar surface area (TPSA) is 42.1 Å². The Hall–Kier alpha value is -1.00. The molecule has 2 aromatic rings. The minimum Gasteiger partial charge on any atom is -0.495 e. The lowest BCUT2D eigenvalue weighted by Gasteiger charge is -2.07. The van der Waals surface area contributed by atoms with Gasteiger partial charge < -0.3 is 9.72 Å². The minimum atomic E-state index is -0.0733. The van der Waals surface area contributed by atoms with Crippen molar-refractivity contribution < 1.29 is 4.74 Å². The number of benzene rings is 1. The van der Waals surface area contributed by atoms with Gasteiger partial charge in [0, 0.05) is 17.1 Å². The van der Waals surface area contributed by atoms with Gasteiger partial charge in [-0.05, 0) is 28.9 Å². The number of rotatable bonds is 1. The monoisotopic (exact) mass is 301 g/mol. The number of aromatic nitrogens is 1. The lowest BCUT2D eigenvalue weighted by atomic mass is 10.2. The van der Waals surface area contributed by atoms with Crippen LogP contribution in [0.3, 0.4) is 0 Å². The van der Waals surface area contributed by atoms with E-state index in [0.29, 0.717) is 26.1 Å². The first-order valence-corrected chi connectivity index (χ1v) is 5.77. The summed E-state index contributed by atoms with van der Waals surface area (Å²) < 4.78 is 5.63. The van der Waals surface area contributed by atoms with Gasteiger partial charge in [-0.1, -0.05) is 11.6 Å². The number of ether oxygens (including phenoxy) is 1. The predicted octanol–water partition coefficient (Wildman–Crippen LogP) is 3.26. The summed E-state index contributed by atoms with van der Waals surface area (Å²) >= 11 is 9.22. The molecule has 2 rings (SSSR count). The van der Waals surface area contributed by atoms with Crippen LogP contribution < -0.4 is 10.2 Å². The Morgan fingerprint density at radius 1 is 1.44 bits per heavy atom. The molecule has 5 heteroatoms. The van der Waals surface area contributed by atoms with Crippen LogP contribution in [-0.4, -0.2) is 12.1 Å². The van der Waals surface area contributed by atoms with Gasteiger partial charge >= 0.3 is 0 Å². The molecule has 0 aliphatic rings. The van der Waals surface area contributed by atoms with Gasteiger partial charge in [0.25, 0.3) is 0 Å². The number of halogens is 2. The highest BCUT2D eigenvalue weighted by molar-refractivity contribution is 9.10. The van der Waals surface area contributed by atoms with E-state index in [1.807, 2.05) is 6.92 Å². The fourth-order valence-corrected chi connectivity index (χ4v) is 2.10. The van der Waals surface area contributed by atoms with Crippen LogP contribution in [0.15, 0.2) is 21.4 Å². The first-order chi connectivity index (χ1) is 7.54. The van der Waals surface area contributed by atoms with E-state index in [2.05, 4.69) is 20.9 Å². The fraction of sp³-hybridized carbons (Fsp3) is 0.182. The van der Waals surface area contributed by atoms with Gasteiger partial charge in [0.15, 0.2) is 0 Å². The summed E-state index contributed by atoms with van der Waals surface area (Å²) in [4.78, 5) is 15.0. The van der Waals surface area contributed by atoms with Crippen molar-refractivity contribution in [1.29, 1.82) is 0 Å². The largest absolute Gasteiger partial charge is 0.495 e. The third-order valence-electron chi connectivity index (χ3n) is 2.39. The quantitative estimate of drug-likeness (QED) is 0.878. The highest BCUT2D eigenvalue weighted by Crippen LogP contribution is 2.28. The van der Waals surface area contributed by atoms with Crippen LogP contribution in [0.25, 0.3) is 10.9 Å². The highest BCUT2D eigenvalue weighted by Gasteiger charge is 2.10. The van der Waals surface area contributed by atoms with Gasteiger partial charge in [-0.25, -0.2) is 0 Å². The molecule has 0 fully saturated rings. The van der Waals surface area contributed by atoms with E-state index >= 15 is 0 Å². The molecule has 3 nitrogen and oxygen atoms in total. The van der Waals surface area contributed by atoms with Crippen molar-refractivity contribution >= 4 is 38.4 Å². The van der Waals surface area contributed by atoms with E-state index in [1.165, 1.54) is 7.11 Å². The number of pyridine rings is 1. The molecule has 0 saturated heterocycles. The highest BCUT2D eigenvalue weighted by atomic mass is 79.9. The van der Waals surface area contributed by atoms with Gasteiger partial charge in [0.1, 0.15) is 5.75 Å². The minimum absolute atomic E-state index is 0.0733. The average molecular weight is 303 g/mol. The SMILES string of the molecule is COc1cc2[nH]c(C)c(Br)c(=O)c2cc1Cl. The van der Waals surface area contributed by atoms with E-state index in [4.69, 9.17) is 16.3 Å². The molecule has 0 aliphatic carbocycles. The third kappa shape index (κ3) is 1.72. The molecule has 1 N–H and O–H groups in total. The summed E-state index contributed by atoms with van der Waals surface area (Å²) in [6.07, 6.45) is 0. The Morgan fingerprint density at radius 3 is 2.75 bits per heavy atom. The Balaban J connectivity index is 2.92. The summed E-state index contributed by atoms with van der Waals surface area (Å²) in [5.74, 6) is 0.548.